The van der Waals surface area contributed by atoms with Crippen molar-refractivity contribution in [3.05, 3.63) is 86.7 Å². The van der Waals surface area contributed by atoms with E-state index in [1.54, 1.807) is 37.4 Å². The summed E-state index contributed by atoms with van der Waals surface area (Å²) in [5.41, 5.74) is 2.03. The molecule has 200 valence electrons. The number of hydrogen-bond donors (Lipinski definition) is 0. The molecule has 0 amide bonds. The normalized spacial score (nSPS) is 16.1. The van der Waals surface area contributed by atoms with E-state index in [4.69, 9.17) is 24.0 Å². The van der Waals surface area contributed by atoms with Crippen LogP contribution in [0.5, 0.6) is 5.75 Å². The average molecular weight is 531 g/mol. The maximum Gasteiger partial charge on any atom is 0.295 e. The summed E-state index contributed by atoms with van der Waals surface area (Å²) in [7, 11) is 1.56. The highest BCUT2D eigenvalue weighted by molar-refractivity contribution is 5.94. The van der Waals surface area contributed by atoms with E-state index in [0.29, 0.717) is 67.3 Å². The molecule has 3 aromatic carbocycles. The first-order chi connectivity index (χ1) is 19.0. The van der Waals surface area contributed by atoms with Crippen LogP contribution in [0, 0.1) is 10.1 Å². The van der Waals surface area contributed by atoms with Gasteiger partial charge in [0.05, 0.1) is 49.5 Å². The number of nitrogens with zero attached hydrogens (tertiary/aromatic N) is 4. The Morgan fingerprint density at radius 3 is 2.44 bits per heavy atom. The summed E-state index contributed by atoms with van der Waals surface area (Å²) in [5.74, 6) is 0.561. The van der Waals surface area contributed by atoms with Crippen molar-refractivity contribution in [3.63, 3.8) is 0 Å². The number of nitro benzene ring substituents is 1. The van der Waals surface area contributed by atoms with Crippen LogP contribution in [0.3, 0.4) is 0 Å². The number of aromatic nitrogens is 2. The third-order valence-corrected chi connectivity index (χ3v) is 6.90. The number of hydrogen-bond acceptors (Lipinski definition) is 9. The number of fused-ring (bicyclic) bond motifs is 1. The standard InChI is InChI=1S/C28H26N4O7/c1-36-21-15-18(14-19(16-21)28-38-12-13-39-28)26-22-4-2-3-5-23(22)27(33)31(29-26)25-17-20(6-7-24(25)32(34)35)30-8-10-37-11-9-30/h2-7,14-17,28H,8-13H2,1H3. The summed E-state index contributed by atoms with van der Waals surface area (Å²) in [6.07, 6.45) is -0.553. The molecule has 2 saturated heterocycles. The topological polar surface area (TPSA) is 118 Å². The number of morpholine rings is 1. The highest BCUT2D eigenvalue weighted by Gasteiger charge is 2.25. The monoisotopic (exact) mass is 530 g/mol. The minimum atomic E-state index is -0.553. The Kier molecular flexibility index (Phi) is 6.69. The van der Waals surface area contributed by atoms with Gasteiger partial charge in [0.1, 0.15) is 11.4 Å². The van der Waals surface area contributed by atoms with Crippen LogP contribution < -0.4 is 15.2 Å². The quantitative estimate of drug-likeness (QED) is 0.271. The van der Waals surface area contributed by atoms with Gasteiger partial charge in [0, 0.05) is 41.4 Å². The Labute approximate surface area is 223 Å². The van der Waals surface area contributed by atoms with Gasteiger partial charge in [-0.25, -0.2) is 0 Å². The van der Waals surface area contributed by atoms with Crippen LogP contribution in [0.15, 0.2) is 65.5 Å². The Morgan fingerprint density at radius 2 is 1.72 bits per heavy atom. The van der Waals surface area contributed by atoms with Crippen molar-refractivity contribution in [3.8, 4) is 22.7 Å². The summed E-state index contributed by atoms with van der Waals surface area (Å²) >= 11 is 0. The van der Waals surface area contributed by atoms with Gasteiger partial charge in [-0.15, -0.1) is 0 Å². The Bertz CT molecular complexity index is 1610. The molecule has 4 aromatic rings. The molecule has 0 aliphatic carbocycles. The first-order valence-corrected chi connectivity index (χ1v) is 12.6. The molecule has 0 bridgehead atoms. The summed E-state index contributed by atoms with van der Waals surface area (Å²) in [6, 6.07) is 17.3. The fourth-order valence-electron chi connectivity index (χ4n) is 4.98. The molecule has 0 atom stereocenters. The molecule has 0 N–H and O–H groups in total. The molecule has 0 radical (unpaired) electrons. The van der Waals surface area contributed by atoms with E-state index in [9.17, 15) is 14.9 Å². The molecule has 0 spiro atoms. The lowest BCUT2D eigenvalue weighted by atomic mass is 10.0. The van der Waals surface area contributed by atoms with Crippen molar-refractivity contribution in [2.45, 2.75) is 6.29 Å². The molecular weight excluding hydrogens is 504 g/mol. The Hall–Kier alpha value is -4.32. The van der Waals surface area contributed by atoms with Gasteiger partial charge in [-0.1, -0.05) is 18.2 Å². The third-order valence-electron chi connectivity index (χ3n) is 6.90. The fourth-order valence-corrected chi connectivity index (χ4v) is 4.98. The van der Waals surface area contributed by atoms with Crippen LogP contribution in [0.4, 0.5) is 11.4 Å². The van der Waals surface area contributed by atoms with Crippen molar-refractivity contribution >= 4 is 22.1 Å². The Morgan fingerprint density at radius 1 is 0.974 bits per heavy atom. The second kappa shape index (κ2) is 10.4. The molecule has 39 heavy (non-hydrogen) atoms. The average Bonchev–Trinajstić information content (AvgIpc) is 3.53. The molecule has 0 saturated carbocycles. The molecule has 3 heterocycles. The van der Waals surface area contributed by atoms with E-state index in [1.165, 1.54) is 6.07 Å². The lowest BCUT2D eigenvalue weighted by Gasteiger charge is -2.29. The zero-order chi connectivity index (χ0) is 26.9. The minimum absolute atomic E-state index is 0.0894. The third kappa shape index (κ3) is 4.71. The fraction of sp³-hybridized carbons (Fsp3) is 0.286. The van der Waals surface area contributed by atoms with Crippen molar-refractivity contribution < 1.29 is 23.9 Å². The van der Waals surface area contributed by atoms with Gasteiger partial charge in [0.25, 0.3) is 11.2 Å². The number of nitro groups is 1. The van der Waals surface area contributed by atoms with E-state index in [-0.39, 0.29) is 11.4 Å². The van der Waals surface area contributed by atoms with Crippen LogP contribution in [0.2, 0.25) is 0 Å². The molecule has 2 aliphatic rings. The number of methoxy groups -OCH3 is 1. The first kappa shape index (κ1) is 25.0. The van der Waals surface area contributed by atoms with Crippen molar-refractivity contribution in [2.24, 2.45) is 0 Å². The second-order valence-corrected chi connectivity index (χ2v) is 9.21. The predicted octanol–water partition coefficient (Wildman–Crippen LogP) is 3.85. The van der Waals surface area contributed by atoms with E-state index >= 15 is 0 Å². The van der Waals surface area contributed by atoms with Crippen LogP contribution >= 0.6 is 0 Å². The van der Waals surface area contributed by atoms with Crippen LogP contribution in [-0.4, -0.2) is 61.3 Å². The molecule has 6 rings (SSSR count). The predicted molar refractivity (Wildman–Crippen MR) is 144 cm³/mol. The van der Waals surface area contributed by atoms with Gasteiger partial charge < -0.3 is 23.8 Å². The lowest BCUT2D eigenvalue weighted by molar-refractivity contribution is -0.384. The highest BCUT2D eigenvalue weighted by atomic mass is 16.7. The first-order valence-electron chi connectivity index (χ1n) is 12.6. The number of rotatable bonds is 6. The van der Waals surface area contributed by atoms with Crippen LogP contribution in [-0.2, 0) is 14.2 Å². The zero-order valence-electron chi connectivity index (χ0n) is 21.2. The van der Waals surface area contributed by atoms with Crippen molar-refractivity contribution in [1.82, 2.24) is 9.78 Å². The molecule has 2 aliphatic heterocycles. The van der Waals surface area contributed by atoms with Gasteiger partial charge in [0.2, 0.25) is 0 Å². The summed E-state index contributed by atoms with van der Waals surface area (Å²) in [6.45, 7) is 3.34. The van der Waals surface area contributed by atoms with Gasteiger partial charge in [-0.2, -0.15) is 9.78 Å². The highest BCUT2D eigenvalue weighted by Crippen LogP contribution is 2.35. The molecular formula is C28H26N4O7. The van der Waals surface area contributed by atoms with Gasteiger partial charge >= 0.3 is 0 Å². The number of ether oxygens (including phenoxy) is 4. The molecule has 11 nitrogen and oxygen atoms in total. The smallest absolute Gasteiger partial charge is 0.295 e. The number of anilines is 1. The summed E-state index contributed by atoms with van der Waals surface area (Å²) in [4.78, 5) is 27.4. The minimum Gasteiger partial charge on any atom is -0.497 e. The molecule has 11 heteroatoms. The van der Waals surface area contributed by atoms with Crippen LogP contribution in [0.1, 0.15) is 11.9 Å². The summed E-state index contributed by atoms with van der Waals surface area (Å²) < 4.78 is 23.5. The molecule has 1 aromatic heterocycles. The van der Waals surface area contributed by atoms with Gasteiger partial charge in [-0.05, 0) is 36.4 Å². The van der Waals surface area contributed by atoms with E-state index in [0.717, 1.165) is 15.9 Å². The zero-order valence-corrected chi connectivity index (χ0v) is 21.2. The van der Waals surface area contributed by atoms with Crippen molar-refractivity contribution in [2.75, 3.05) is 51.5 Å². The van der Waals surface area contributed by atoms with Gasteiger partial charge in [0.15, 0.2) is 6.29 Å². The maximum atomic E-state index is 13.8. The maximum absolute atomic E-state index is 13.8. The van der Waals surface area contributed by atoms with Crippen LogP contribution in [0.25, 0.3) is 27.7 Å². The second-order valence-electron chi connectivity index (χ2n) is 9.21. The largest absolute Gasteiger partial charge is 0.497 e. The lowest BCUT2D eigenvalue weighted by Crippen LogP contribution is -2.36. The van der Waals surface area contributed by atoms with Crippen molar-refractivity contribution in [1.29, 1.82) is 0 Å². The SMILES string of the molecule is COc1cc(-c2nn(-c3cc(N4CCOCC4)ccc3[N+](=O)[O-])c(=O)c3ccccc23)cc(C2OCCO2)c1. The van der Waals surface area contributed by atoms with E-state index < -0.39 is 16.8 Å². The molecule has 0 unspecified atom stereocenters. The van der Waals surface area contributed by atoms with Gasteiger partial charge in [-0.3, -0.25) is 14.9 Å². The Balaban J connectivity index is 1.58. The van der Waals surface area contributed by atoms with E-state index in [2.05, 4.69) is 4.90 Å². The van der Waals surface area contributed by atoms with E-state index in [1.807, 2.05) is 24.3 Å². The molecule has 2 fully saturated rings. The summed E-state index contributed by atoms with van der Waals surface area (Å²) in [5, 5.41) is 17.8. The number of benzene rings is 3.